The lowest BCUT2D eigenvalue weighted by molar-refractivity contribution is -0.125. The third-order valence-electron chi connectivity index (χ3n) is 3.62. The molecule has 1 fully saturated rings. The molecule has 0 radical (unpaired) electrons. The predicted octanol–water partition coefficient (Wildman–Crippen LogP) is 3.35. The first kappa shape index (κ1) is 13.5. The van der Waals surface area contributed by atoms with Gasteiger partial charge in [0.25, 0.3) is 0 Å². The van der Waals surface area contributed by atoms with Crippen molar-refractivity contribution in [3.8, 4) is 11.3 Å². The predicted molar refractivity (Wildman–Crippen MR) is 79.8 cm³/mol. The van der Waals surface area contributed by atoms with Crippen LogP contribution in [-0.2, 0) is 16.0 Å². The lowest BCUT2D eigenvalue weighted by Gasteiger charge is -2.20. The Kier molecular flexibility index (Phi) is 4.23. The highest BCUT2D eigenvalue weighted by molar-refractivity contribution is 7.10. The Labute approximate surface area is 122 Å². The number of benzene rings is 1. The summed E-state index contributed by atoms with van der Waals surface area (Å²) in [7, 11) is 0. The fourth-order valence-corrected chi connectivity index (χ4v) is 3.26. The van der Waals surface area contributed by atoms with Gasteiger partial charge in [-0.3, -0.25) is 4.79 Å². The van der Waals surface area contributed by atoms with Crippen LogP contribution in [0.5, 0.6) is 0 Å². The maximum atomic E-state index is 12.2. The molecule has 0 amide bonds. The number of ether oxygens (including phenoxy) is 1. The van der Waals surface area contributed by atoms with Crippen molar-refractivity contribution in [1.82, 2.24) is 4.98 Å². The third-order valence-corrected chi connectivity index (χ3v) is 4.47. The summed E-state index contributed by atoms with van der Waals surface area (Å²) in [5.74, 6) is 0.468. The minimum absolute atomic E-state index is 0.160. The Morgan fingerprint density at radius 1 is 1.25 bits per heavy atom. The average Bonchev–Trinajstić information content (AvgIpc) is 2.97. The van der Waals surface area contributed by atoms with Crippen LogP contribution in [0.15, 0.2) is 35.7 Å². The Morgan fingerprint density at radius 3 is 2.75 bits per heavy atom. The molecule has 104 valence electrons. The van der Waals surface area contributed by atoms with Crippen LogP contribution in [0.1, 0.15) is 17.8 Å². The standard InChI is InChI=1S/C16H17NO2S/c18-15(13-6-8-19-9-7-13)10-16-17-14(11-20-16)12-4-2-1-3-5-12/h1-5,11,13H,6-10H2. The molecule has 1 aliphatic heterocycles. The van der Waals surface area contributed by atoms with E-state index in [1.165, 1.54) is 0 Å². The second-order valence-electron chi connectivity index (χ2n) is 5.02. The molecule has 0 saturated carbocycles. The molecule has 0 aliphatic carbocycles. The summed E-state index contributed by atoms with van der Waals surface area (Å²) in [6.07, 6.45) is 2.17. The summed E-state index contributed by atoms with van der Waals surface area (Å²) < 4.78 is 5.30. The molecule has 0 N–H and O–H groups in total. The zero-order valence-electron chi connectivity index (χ0n) is 11.2. The zero-order valence-corrected chi connectivity index (χ0v) is 12.1. The molecule has 1 aliphatic rings. The molecule has 0 bridgehead atoms. The quantitative estimate of drug-likeness (QED) is 0.865. The van der Waals surface area contributed by atoms with Crippen molar-refractivity contribution >= 4 is 17.1 Å². The van der Waals surface area contributed by atoms with Gasteiger partial charge in [0.1, 0.15) is 10.8 Å². The maximum Gasteiger partial charge on any atom is 0.142 e. The van der Waals surface area contributed by atoms with Crippen LogP contribution in [0.4, 0.5) is 0 Å². The van der Waals surface area contributed by atoms with Gasteiger partial charge in [0.15, 0.2) is 0 Å². The van der Waals surface area contributed by atoms with Gasteiger partial charge < -0.3 is 4.74 Å². The van der Waals surface area contributed by atoms with Crippen molar-refractivity contribution in [1.29, 1.82) is 0 Å². The van der Waals surface area contributed by atoms with Crippen molar-refractivity contribution < 1.29 is 9.53 Å². The van der Waals surface area contributed by atoms with Crippen LogP contribution < -0.4 is 0 Å². The van der Waals surface area contributed by atoms with Crippen molar-refractivity contribution in [3.05, 3.63) is 40.7 Å². The number of hydrogen-bond acceptors (Lipinski definition) is 4. The lowest BCUT2D eigenvalue weighted by Crippen LogP contribution is -2.24. The SMILES string of the molecule is O=C(Cc1nc(-c2ccccc2)cs1)C1CCOCC1. The molecule has 1 aromatic heterocycles. The van der Waals surface area contributed by atoms with Gasteiger partial charge in [-0.05, 0) is 12.8 Å². The molecule has 2 heterocycles. The highest BCUT2D eigenvalue weighted by atomic mass is 32.1. The lowest BCUT2D eigenvalue weighted by atomic mass is 9.94. The van der Waals surface area contributed by atoms with Crippen LogP contribution >= 0.6 is 11.3 Å². The third kappa shape index (κ3) is 3.14. The van der Waals surface area contributed by atoms with Gasteiger partial charge in [0, 0.05) is 30.1 Å². The maximum absolute atomic E-state index is 12.2. The number of carbonyl (C=O) groups is 1. The van der Waals surface area contributed by atoms with E-state index in [1.807, 2.05) is 35.7 Å². The van der Waals surface area contributed by atoms with Crippen LogP contribution in [0.25, 0.3) is 11.3 Å². The number of Topliss-reactive ketones (excluding diaryl/α,β-unsaturated/α-hetero) is 1. The van der Waals surface area contributed by atoms with Gasteiger partial charge in [-0.15, -0.1) is 11.3 Å². The van der Waals surface area contributed by atoms with E-state index in [1.54, 1.807) is 11.3 Å². The first-order valence-corrected chi connectivity index (χ1v) is 7.81. The highest BCUT2D eigenvalue weighted by Crippen LogP contribution is 2.24. The van der Waals surface area contributed by atoms with Gasteiger partial charge in [0.2, 0.25) is 0 Å². The monoisotopic (exact) mass is 287 g/mol. The number of carbonyl (C=O) groups excluding carboxylic acids is 1. The molecule has 4 heteroatoms. The zero-order chi connectivity index (χ0) is 13.8. The van der Waals surface area contributed by atoms with E-state index in [-0.39, 0.29) is 5.92 Å². The summed E-state index contributed by atoms with van der Waals surface area (Å²) >= 11 is 1.57. The Bertz CT molecular complexity index is 573. The topological polar surface area (TPSA) is 39.2 Å². The molecule has 0 atom stereocenters. The summed E-state index contributed by atoms with van der Waals surface area (Å²) in [5, 5.41) is 2.95. The molecule has 0 spiro atoms. The summed E-state index contributed by atoms with van der Waals surface area (Å²) in [6, 6.07) is 10.1. The van der Waals surface area contributed by atoms with Crippen LogP contribution in [-0.4, -0.2) is 24.0 Å². The Hall–Kier alpha value is -1.52. The molecular weight excluding hydrogens is 270 g/mol. The number of ketones is 1. The highest BCUT2D eigenvalue weighted by Gasteiger charge is 2.22. The number of aromatic nitrogens is 1. The molecular formula is C16H17NO2S. The first-order chi connectivity index (χ1) is 9.83. The molecule has 3 rings (SSSR count). The number of hydrogen-bond donors (Lipinski definition) is 0. The van der Waals surface area contributed by atoms with E-state index < -0.39 is 0 Å². The second kappa shape index (κ2) is 6.29. The van der Waals surface area contributed by atoms with Gasteiger partial charge in [-0.1, -0.05) is 30.3 Å². The fraction of sp³-hybridized carbons (Fsp3) is 0.375. The van der Waals surface area contributed by atoms with Crippen molar-refractivity contribution in [2.75, 3.05) is 13.2 Å². The molecule has 20 heavy (non-hydrogen) atoms. The Morgan fingerprint density at radius 2 is 2.00 bits per heavy atom. The molecule has 2 aromatic rings. The van der Waals surface area contributed by atoms with Crippen LogP contribution in [0.3, 0.4) is 0 Å². The van der Waals surface area contributed by atoms with Gasteiger partial charge >= 0.3 is 0 Å². The molecule has 1 saturated heterocycles. The summed E-state index contributed by atoms with van der Waals surface area (Å²) in [6.45, 7) is 1.42. The first-order valence-electron chi connectivity index (χ1n) is 6.93. The van der Waals surface area contributed by atoms with Crippen molar-refractivity contribution in [2.24, 2.45) is 5.92 Å². The van der Waals surface area contributed by atoms with E-state index in [2.05, 4.69) is 4.98 Å². The minimum atomic E-state index is 0.160. The van der Waals surface area contributed by atoms with Gasteiger partial charge in [-0.2, -0.15) is 0 Å². The van der Waals surface area contributed by atoms with Gasteiger partial charge in [-0.25, -0.2) is 4.98 Å². The Balaban J connectivity index is 1.66. The average molecular weight is 287 g/mol. The molecule has 1 aromatic carbocycles. The van der Waals surface area contributed by atoms with Crippen molar-refractivity contribution in [3.63, 3.8) is 0 Å². The van der Waals surface area contributed by atoms with Crippen LogP contribution in [0.2, 0.25) is 0 Å². The van der Waals surface area contributed by atoms with E-state index in [0.717, 1.165) is 29.1 Å². The van der Waals surface area contributed by atoms with Crippen molar-refractivity contribution in [2.45, 2.75) is 19.3 Å². The molecule has 0 unspecified atom stereocenters. The molecule has 3 nitrogen and oxygen atoms in total. The minimum Gasteiger partial charge on any atom is -0.381 e. The largest absolute Gasteiger partial charge is 0.381 e. The van der Waals surface area contributed by atoms with Crippen LogP contribution in [0, 0.1) is 5.92 Å². The summed E-state index contributed by atoms with van der Waals surface area (Å²) in [5.41, 5.74) is 2.07. The second-order valence-corrected chi connectivity index (χ2v) is 5.96. The normalized spacial score (nSPS) is 16.2. The van der Waals surface area contributed by atoms with Gasteiger partial charge in [0.05, 0.1) is 12.1 Å². The number of nitrogens with zero attached hydrogens (tertiary/aromatic N) is 1. The van der Waals surface area contributed by atoms with E-state index >= 15 is 0 Å². The van der Waals surface area contributed by atoms with E-state index in [9.17, 15) is 4.79 Å². The number of thiazole rings is 1. The number of rotatable bonds is 4. The fourth-order valence-electron chi connectivity index (χ4n) is 2.45. The smallest absolute Gasteiger partial charge is 0.142 e. The summed E-state index contributed by atoms with van der Waals surface area (Å²) in [4.78, 5) is 16.8. The van der Waals surface area contributed by atoms with E-state index in [0.29, 0.717) is 25.4 Å². The van der Waals surface area contributed by atoms with E-state index in [4.69, 9.17) is 4.74 Å².